The summed E-state index contributed by atoms with van der Waals surface area (Å²) in [5.74, 6) is -9.16. The highest BCUT2D eigenvalue weighted by Crippen LogP contribution is 2.64. The predicted octanol–water partition coefficient (Wildman–Crippen LogP) is 8.31. The molecule has 1 saturated carbocycles. The number of halogens is 8. The van der Waals surface area contributed by atoms with Crippen LogP contribution in [0.1, 0.15) is 47.0 Å². The fourth-order valence-electron chi connectivity index (χ4n) is 9.11. The lowest BCUT2D eigenvalue weighted by Gasteiger charge is -2.49. The zero-order chi connectivity index (χ0) is 41.6. The molecule has 58 heavy (non-hydrogen) atoms. The summed E-state index contributed by atoms with van der Waals surface area (Å²) in [4.78, 5) is 59.0. The molecule has 10 nitrogen and oxygen atoms in total. The van der Waals surface area contributed by atoms with Crippen LogP contribution in [0, 0.1) is 23.7 Å². The molecular formula is C40H29Cl2F6N3O7. The number of nitrogens with zero attached hydrogens (tertiary/aromatic N) is 2. The number of fused-ring (bicyclic) bond motifs is 4. The molecule has 18 heteroatoms. The second kappa shape index (κ2) is 13.9. The number of methoxy groups -OCH3 is 1. The van der Waals surface area contributed by atoms with Crippen molar-refractivity contribution in [2.45, 2.75) is 43.1 Å². The molecule has 4 aromatic rings. The number of hydrogen-bond donors (Lipinski definition) is 2. The van der Waals surface area contributed by atoms with Gasteiger partial charge in [0.2, 0.25) is 11.8 Å². The minimum Gasteiger partial charge on any atom is -0.497 e. The first-order chi connectivity index (χ1) is 27.4. The third kappa shape index (κ3) is 6.06. The number of carbonyl (C=O) groups excluding carboxylic acids is 4. The van der Waals surface area contributed by atoms with Crippen LogP contribution < -0.4 is 15.1 Å². The fourth-order valence-corrected chi connectivity index (χ4v) is 9.56. The number of alkyl halides is 6. The van der Waals surface area contributed by atoms with Crippen LogP contribution in [0.3, 0.4) is 0 Å². The lowest BCUT2D eigenvalue weighted by atomic mass is 9.50. The number of hydrazine groups is 1. The molecule has 1 aromatic heterocycles. The maximum Gasteiger partial charge on any atom is 0.416 e. The van der Waals surface area contributed by atoms with Gasteiger partial charge in [0.25, 0.3) is 11.8 Å². The lowest BCUT2D eigenvalue weighted by Crippen LogP contribution is -2.53. The van der Waals surface area contributed by atoms with E-state index < -0.39 is 94.4 Å². The molecule has 2 aliphatic carbocycles. The number of furan rings is 1. The van der Waals surface area contributed by atoms with Gasteiger partial charge < -0.3 is 14.3 Å². The van der Waals surface area contributed by atoms with Gasteiger partial charge in [-0.2, -0.15) is 31.4 Å². The minimum absolute atomic E-state index is 0.0642. The van der Waals surface area contributed by atoms with Crippen LogP contribution in [-0.4, -0.2) is 40.9 Å². The van der Waals surface area contributed by atoms with Crippen molar-refractivity contribution in [1.29, 1.82) is 0 Å². The van der Waals surface area contributed by atoms with E-state index in [0.29, 0.717) is 33.9 Å². The first-order valence-electron chi connectivity index (χ1n) is 17.7. The summed E-state index contributed by atoms with van der Waals surface area (Å²) < 4.78 is 94.9. The SMILES string of the molecule is COc1ccc([C@@]23C(=O)N(Nc4ccc(Cl)cc4Cl)C(=O)[C@@H]2C[C@@H]2C(=CC[C@@H]4C(=O)N(c5cc(C(F)(F)F)cc(C(F)(F)F)c5)C(=O)[C@@H]42)[C@@H]3c2ccc(CO)o2)cc1. The molecule has 3 aromatic carbocycles. The first kappa shape index (κ1) is 39.5. The lowest BCUT2D eigenvalue weighted by molar-refractivity contribution is -0.143. The summed E-state index contributed by atoms with van der Waals surface area (Å²) in [6.07, 6.45) is -9.35. The van der Waals surface area contributed by atoms with E-state index in [4.69, 9.17) is 32.4 Å². The van der Waals surface area contributed by atoms with Crippen molar-refractivity contribution in [1.82, 2.24) is 5.01 Å². The number of hydrogen-bond acceptors (Lipinski definition) is 8. The second-order valence-corrected chi connectivity index (χ2v) is 15.3. The number of amides is 4. The van der Waals surface area contributed by atoms with Crippen molar-refractivity contribution < 1.29 is 59.8 Å². The summed E-state index contributed by atoms with van der Waals surface area (Å²) >= 11 is 12.6. The first-order valence-corrected chi connectivity index (χ1v) is 18.5. The molecule has 2 aliphatic heterocycles. The minimum atomic E-state index is -5.26. The number of nitrogens with one attached hydrogen (secondary N) is 1. The van der Waals surface area contributed by atoms with Gasteiger partial charge in [0.15, 0.2) is 0 Å². The summed E-state index contributed by atoms with van der Waals surface area (Å²) in [7, 11) is 1.44. The van der Waals surface area contributed by atoms with E-state index in [-0.39, 0.29) is 46.2 Å². The molecule has 0 bridgehead atoms. The average molecular weight is 849 g/mol. The molecular weight excluding hydrogens is 819 g/mol. The van der Waals surface area contributed by atoms with Gasteiger partial charge >= 0.3 is 12.4 Å². The van der Waals surface area contributed by atoms with E-state index in [1.54, 1.807) is 30.3 Å². The van der Waals surface area contributed by atoms with Crippen molar-refractivity contribution >= 4 is 58.2 Å². The zero-order valence-corrected chi connectivity index (χ0v) is 31.3. The summed E-state index contributed by atoms with van der Waals surface area (Å²) in [5.41, 5.74) is -2.50. The Hall–Kier alpha value is -5.32. The van der Waals surface area contributed by atoms with Gasteiger partial charge in [-0.25, -0.2) is 4.90 Å². The largest absolute Gasteiger partial charge is 0.497 e. The molecule has 3 fully saturated rings. The van der Waals surface area contributed by atoms with Crippen LogP contribution >= 0.6 is 23.2 Å². The molecule has 0 unspecified atom stereocenters. The van der Waals surface area contributed by atoms with Crippen molar-refractivity contribution in [2.75, 3.05) is 17.4 Å². The smallest absolute Gasteiger partial charge is 0.416 e. The highest BCUT2D eigenvalue weighted by Gasteiger charge is 2.71. The molecule has 8 rings (SSSR count). The summed E-state index contributed by atoms with van der Waals surface area (Å²) in [6, 6.07) is 14.2. The van der Waals surface area contributed by atoms with E-state index in [1.807, 2.05) is 0 Å². The molecule has 2 saturated heterocycles. The van der Waals surface area contributed by atoms with Crippen LogP contribution in [0.25, 0.3) is 0 Å². The number of rotatable bonds is 7. The van der Waals surface area contributed by atoms with E-state index >= 15 is 4.79 Å². The number of benzene rings is 3. The van der Waals surface area contributed by atoms with Crippen molar-refractivity contribution in [2.24, 2.45) is 23.7 Å². The topological polar surface area (TPSA) is 129 Å². The molecule has 2 N–H and O–H groups in total. The Morgan fingerprint density at radius 3 is 2.12 bits per heavy atom. The van der Waals surface area contributed by atoms with Gasteiger partial charge in [0, 0.05) is 5.02 Å². The molecule has 0 spiro atoms. The van der Waals surface area contributed by atoms with Crippen LogP contribution in [0.4, 0.5) is 37.7 Å². The summed E-state index contributed by atoms with van der Waals surface area (Å²) in [5, 5.41) is 11.1. The Bertz CT molecular complexity index is 2380. The maximum absolute atomic E-state index is 15.3. The highest BCUT2D eigenvalue weighted by molar-refractivity contribution is 6.36. The number of ether oxygens (including phenoxy) is 1. The number of aliphatic hydroxyl groups is 1. The Kier molecular flexibility index (Phi) is 9.48. The number of allylic oxidation sites excluding steroid dienone is 2. The molecule has 0 radical (unpaired) electrons. The van der Waals surface area contributed by atoms with Crippen LogP contribution in [-0.2, 0) is 43.6 Å². The van der Waals surface area contributed by atoms with E-state index in [9.17, 15) is 45.8 Å². The second-order valence-electron chi connectivity index (χ2n) is 14.5. The fraction of sp³-hybridized carbons (Fsp3) is 0.300. The number of carbonyl (C=O) groups is 4. The monoisotopic (exact) mass is 847 g/mol. The number of aliphatic hydroxyl groups excluding tert-OH is 1. The molecule has 4 amide bonds. The van der Waals surface area contributed by atoms with E-state index in [0.717, 1.165) is 5.01 Å². The van der Waals surface area contributed by atoms with Crippen molar-refractivity contribution in [3.8, 4) is 5.75 Å². The van der Waals surface area contributed by atoms with Crippen LogP contribution in [0.15, 0.2) is 88.9 Å². The normalized spacial score (nSPS) is 25.8. The van der Waals surface area contributed by atoms with Crippen molar-refractivity contribution in [3.05, 3.63) is 123 Å². The van der Waals surface area contributed by atoms with Gasteiger partial charge in [-0.15, -0.1) is 0 Å². The number of anilines is 2. The molecule has 3 heterocycles. The van der Waals surface area contributed by atoms with Crippen LogP contribution in [0.2, 0.25) is 10.0 Å². The van der Waals surface area contributed by atoms with E-state index in [1.165, 1.54) is 37.4 Å². The average Bonchev–Trinajstić information content (AvgIpc) is 3.82. The Balaban J connectivity index is 1.30. The Morgan fingerprint density at radius 2 is 1.53 bits per heavy atom. The van der Waals surface area contributed by atoms with Gasteiger partial charge in [-0.05, 0) is 85.0 Å². The van der Waals surface area contributed by atoms with Gasteiger partial charge in [0.1, 0.15) is 29.3 Å². The highest BCUT2D eigenvalue weighted by atomic mass is 35.5. The Morgan fingerprint density at radius 1 is 0.862 bits per heavy atom. The molecule has 6 atom stereocenters. The van der Waals surface area contributed by atoms with Gasteiger partial charge in [0.05, 0.1) is 58.3 Å². The standard InChI is InChI=1S/C40H29Cl2F6N3O7/c1-57-23-5-2-18(3-6-23)38-28(35(54)51(37(38)56)49-30-10-4-21(41)15-29(30)42)16-27-25(33(38)31-11-7-24(17-52)58-31)8-9-26-32(27)36(55)50(34(26)53)22-13-19(39(43,44)45)12-20(14-22)40(46,47)48/h2-8,10-15,26-28,32-33,49,52H,9,16-17H2,1H3/t26-,27+,28-,32-,33+,38+/m0/s1. The van der Waals surface area contributed by atoms with Crippen molar-refractivity contribution in [3.63, 3.8) is 0 Å². The number of imide groups is 2. The van der Waals surface area contributed by atoms with E-state index in [2.05, 4.69) is 5.43 Å². The maximum atomic E-state index is 15.3. The quantitative estimate of drug-likeness (QED) is 0.108. The predicted molar refractivity (Wildman–Crippen MR) is 194 cm³/mol. The molecule has 302 valence electrons. The van der Waals surface area contributed by atoms with Gasteiger partial charge in [-0.3, -0.25) is 24.6 Å². The summed E-state index contributed by atoms with van der Waals surface area (Å²) in [6.45, 7) is -0.548. The Labute approximate surface area is 334 Å². The zero-order valence-electron chi connectivity index (χ0n) is 29.8. The third-order valence-electron chi connectivity index (χ3n) is 11.5. The molecule has 4 aliphatic rings. The van der Waals surface area contributed by atoms with Gasteiger partial charge in [-0.1, -0.05) is 47.0 Å². The van der Waals surface area contributed by atoms with Crippen LogP contribution in [0.5, 0.6) is 5.75 Å². The third-order valence-corrected chi connectivity index (χ3v) is 12.1.